The van der Waals surface area contributed by atoms with Crippen LogP contribution < -0.4 is 5.32 Å². The van der Waals surface area contributed by atoms with Gasteiger partial charge in [0.15, 0.2) is 0 Å². The average molecular weight is 271 g/mol. The van der Waals surface area contributed by atoms with Crippen LogP contribution in [0.5, 0.6) is 0 Å². The molecule has 2 fully saturated rings. The highest BCUT2D eigenvalue weighted by atomic mass is 32.2. The van der Waals surface area contributed by atoms with Crippen molar-refractivity contribution in [2.24, 2.45) is 11.8 Å². The molecule has 0 radical (unpaired) electrons. The molecular weight excluding hydrogens is 242 g/mol. The molecule has 0 spiro atoms. The van der Waals surface area contributed by atoms with Gasteiger partial charge in [-0.25, -0.2) is 0 Å². The van der Waals surface area contributed by atoms with Gasteiger partial charge in [-0.2, -0.15) is 11.8 Å². The van der Waals surface area contributed by atoms with Crippen molar-refractivity contribution < 1.29 is 5.11 Å². The zero-order chi connectivity index (χ0) is 12.8. The number of aliphatic hydroxyl groups excluding tert-OH is 1. The van der Waals surface area contributed by atoms with Gasteiger partial charge in [-0.3, -0.25) is 0 Å². The van der Waals surface area contributed by atoms with Crippen LogP contribution in [-0.4, -0.2) is 35.3 Å². The van der Waals surface area contributed by atoms with Gasteiger partial charge in [0.2, 0.25) is 0 Å². The van der Waals surface area contributed by atoms with Gasteiger partial charge < -0.3 is 10.4 Å². The maximum absolute atomic E-state index is 9.83. The molecule has 3 heteroatoms. The van der Waals surface area contributed by atoms with Crippen molar-refractivity contribution in [3.63, 3.8) is 0 Å². The summed E-state index contributed by atoms with van der Waals surface area (Å²) in [7, 11) is 0. The Kier molecular flexibility index (Phi) is 5.84. The quantitative estimate of drug-likeness (QED) is 0.676. The number of thioether (sulfide) groups is 1. The van der Waals surface area contributed by atoms with E-state index in [4.69, 9.17) is 0 Å². The molecule has 0 heterocycles. The zero-order valence-corrected chi connectivity index (χ0v) is 12.6. The Bertz CT molecular complexity index is 239. The van der Waals surface area contributed by atoms with Crippen molar-refractivity contribution in [1.29, 1.82) is 0 Å². The van der Waals surface area contributed by atoms with Gasteiger partial charge in [0.1, 0.15) is 0 Å². The van der Waals surface area contributed by atoms with Gasteiger partial charge in [-0.1, -0.05) is 19.8 Å². The minimum absolute atomic E-state index is 0.0271. The van der Waals surface area contributed by atoms with Crippen molar-refractivity contribution in [2.75, 3.05) is 24.7 Å². The summed E-state index contributed by atoms with van der Waals surface area (Å²) < 4.78 is 0. The van der Waals surface area contributed by atoms with Crippen molar-refractivity contribution in [1.82, 2.24) is 5.32 Å². The molecule has 18 heavy (non-hydrogen) atoms. The van der Waals surface area contributed by atoms with Gasteiger partial charge in [0.25, 0.3) is 0 Å². The summed E-state index contributed by atoms with van der Waals surface area (Å²) in [6.45, 7) is 3.56. The molecule has 0 aromatic carbocycles. The van der Waals surface area contributed by atoms with Gasteiger partial charge in [-0.15, -0.1) is 0 Å². The molecule has 0 aliphatic heterocycles. The number of rotatable bonds is 9. The molecule has 0 bridgehead atoms. The van der Waals surface area contributed by atoms with Crippen LogP contribution in [0.1, 0.15) is 51.9 Å². The third-order valence-electron chi connectivity index (χ3n) is 4.56. The maximum Gasteiger partial charge on any atom is 0.0624 e. The van der Waals surface area contributed by atoms with Crippen molar-refractivity contribution in [2.45, 2.75) is 57.4 Å². The van der Waals surface area contributed by atoms with Crippen LogP contribution in [0.2, 0.25) is 0 Å². The van der Waals surface area contributed by atoms with Gasteiger partial charge in [0, 0.05) is 5.75 Å². The summed E-state index contributed by atoms with van der Waals surface area (Å²) >= 11 is 2.08. The van der Waals surface area contributed by atoms with E-state index in [2.05, 4.69) is 24.0 Å². The van der Waals surface area contributed by atoms with E-state index >= 15 is 0 Å². The molecule has 2 N–H and O–H groups in total. The second-order valence-corrected chi connectivity index (χ2v) is 7.21. The molecule has 2 nitrogen and oxygen atoms in total. The van der Waals surface area contributed by atoms with Crippen molar-refractivity contribution in [3.8, 4) is 0 Å². The fourth-order valence-corrected chi connectivity index (χ4v) is 4.72. The topological polar surface area (TPSA) is 32.3 Å². The lowest BCUT2D eigenvalue weighted by Gasteiger charge is -2.33. The predicted octanol–water partition coefficient (Wildman–Crippen LogP) is 3.05. The zero-order valence-electron chi connectivity index (χ0n) is 11.8. The standard InChI is InChI=1S/C15H29NOS/c1-2-9-16-15(11-17,14-7-8-14)12-18-10-13-5-3-4-6-13/h13-14,16-17H,2-12H2,1H3. The van der Waals surface area contributed by atoms with Gasteiger partial charge in [0.05, 0.1) is 12.1 Å². The average Bonchev–Trinajstić information content (AvgIpc) is 3.12. The summed E-state index contributed by atoms with van der Waals surface area (Å²) in [5.74, 6) is 4.09. The first-order chi connectivity index (χ1) is 8.80. The number of hydrogen-bond donors (Lipinski definition) is 2. The number of nitrogens with one attached hydrogen (secondary N) is 1. The highest BCUT2D eigenvalue weighted by Crippen LogP contribution is 2.42. The van der Waals surface area contributed by atoms with Crippen LogP contribution in [0.4, 0.5) is 0 Å². The predicted molar refractivity (Wildman–Crippen MR) is 80.1 cm³/mol. The lowest BCUT2D eigenvalue weighted by molar-refractivity contribution is 0.159. The Morgan fingerprint density at radius 3 is 2.50 bits per heavy atom. The Hall–Kier alpha value is 0.270. The first-order valence-electron chi connectivity index (χ1n) is 7.74. The van der Waals surface area contributed by atoms with Crippen LogP contribution in [0.25, 0.3) is 0 Å². The van der Waals surface area contributed by atoms with E-state index in [1.54, 1.807) is 0 Å². The number of hydrogen-bond acceptors (Lipinski definition) is 3. The number of aliphatic hydroxyl groups is 1. The summed E-state index contributed by atoms with van der Waals surface area (Å²) in [6, 6.07) is 0. The third-order valence-corrected chi connectivity index (χ3v) is 5.98. The second-order valence-electron chi connectivity index (χ2n) is 6.18. The molecule has 2 aliphatic carbocycles. The minimum atomic E-state index is 0.0271. The SMILES string of the molecule is CCCNC(CO)(CSCC1CCCC1)C1CC1. The van der Waals surface area contributed by atoms with E-state index in [0.29, 0.717) is 6.61 Å². The molecule has 0 aromatic heterocycles. The maximum atomic E-state index is 9.83. The Labute approximate surface area is 116 Å². The highest BCUT2D eigenvalue weighted by Gasteiger charge is 2.44. The van der Waals surface area contributed by atoms with Crippen molar-refractivity contribution >= 4 is 11.8 Å². The van der Waals surface area contributed by atoms with E-state index in [9.17, 15) is 5.11 Å². The van der Waals surface area contributed by atoms with Gasteiger partial charge >= 0.3 is 0 Å². The molecular formula is C15H29NOS. The summed E-state index contributed by atoms with van der Waals surface area (Å²) in [4.78, 5) is 0. The van der Waals surface area contributed by atoms with E-state index < -0.39 is 0 Å². The molecule has 2 saturated carbocycles. The lowest BCUT2D eigenvalue weighted by atomic mass is 9.96. The van der Waals surface area contributed by atoms with E-state index in [1.807, 2.05) is 0 Å². The third kappa shape index (κ3) is 3.88. The molecule has 2 rings (SSSR count). The molecule has 0 aromatic rings. The first-order valence-corrected chi connectivity index (χ1v) is 8.90. The largest absolute Gasteiger partial charge is 0.394 e. The van der Waals surface area contributed by atoms with Crippen LogP contribution in [0, 0.1) is 11.8 Å². The van der Waals surface area contributed by atoms with Crippen molar-refractivity contribution in [3.05, 3.63) is 0 Å². The van der Waals surface area contributed by atoms with Gasteiger partial charge in [-0.05, 0) is 56.2 Å². The fraction of sp³-hybridized carbons (Fsp3) is 1.00. The smallest absolute Gasteiger partial charge is 0.0624 e. The van der Waals surface area contributed by atoms with E-state index in [1.165, 1.54) is 44.3 Å². The second kappa shape index (κ2) is 7.16. The fourth-order valence-electron chi connectivity index (χ4n) is 3.14. The van der Waals surface area contributed by atoms with Crippen LogP contribution in [0.3, 0.4) is 0 Å². The molecule has 1 atom stereocenters. The molecule has 106 valence electrons. The van der Waals surface area contributed by atoms with E-state index in [-0.39, 0.29) is 5.54 Å². The Morgan fingerprint density at radius 2 is 1.94 bits per heavy atom. The first kappa shape index (κ1) is 14.7. The summed E-state index contributed by atoms with van der Waals surface area (Å²) in [5, 5.41) is 13.5. The molecule has 1 unspecified atom stereocenters. The molecule has 2 aliphatic rings. The Balaban J connectivity index is 1.76. The van der Waals surface area contributed by atoms with E-state index in [0.717, 1.165) is 30.6 Å². The van der Waals surface area contributed by atoms with Crippen LogP contribution in [0.15, 0.2) is 0 Å². The summed E-state index contributed by atoms with van der Waals surface area (Å²) in [6.07, 6.45) is 9.51. The van der Waals surface area contributed by atoms with Crippen LogP contribution in [-0.2, 0) is 0 Å². The molecule has 0 saturated heterocycles. The Morgan fingerprint density at radius 1 is 1.22 bits per heavy atom. The minimum Gasteiger partial charge on any atom is -0.394 e. The highest BCUT2D eigenvalue weighted by molar-refractivity contribution is 7.99. The summed E-state index contributed by atoms with van der Waals surface area (Å²) in [5.41, 5.74) is 0.0271. The van der Waals surface area contributed by atoms with Crippen LogP contribution >= 0.6 is 11.8 Å². The monoisotopic (exact) mass is 271 g/mol. The normalized spacial score (nSPS) is 24.3. The lowest BCUT2D eigenvalue weighted by Crippen LogP contribution is -2.53. The molecule has 0 amide bonds.